The summed E-state index contributed by atoms with van der Waals surface area (Å²) in [6, 6.07) is 8.23. The molecule has 0 bridgehead atoms. The largest absolute Gasteiger partial charge is 0.480 e. The van der Waals surface area contributed by atoms with Crippen molar-refractivity contribution in [2.45, 2.75) is 13.5 Å². The number of aromatic nitrogens is 1. The number of hydrogen-bond donors (Lipinski definition) is 1. The van der Waals surface area contributed by atoms with Gasteiger partial charge in [0.25, 0.3) is 0 Å². The van der Waals surface area contributed by atoms with Crippen molar-refractivity contribution in [2.24, 2.45) is 0 Å². The van der Waals surface area contributed by atoms with Crippen LogP contribution in [0.25, 0.3) is 10.6 Å². The Balaban J connectivity index is 2.06. The van der Waals surface area contributed by atoms with Gasteiger partial charge in [0.2, 0.25) is 0 Å². The molecule has 1 aromatic heterocycles. The van der Waals surface area contributed by atoms with Crippen molar-refractivity contribution in [3.8, 4) is 10.6 Å². The topological polar surface area (TPSA) is 53.4 Å². The van der Waals surface area contributed by atoms with Gasteiger partial charge in [0.15, 0.2) is 0 Å². The number of aryl methyl sites for hydroxylation is 1. The van der Waals surface area contributed by atoms with Gasteiger partial charge in [-0.1, -0.05) is 29.8 Å². The second-order valence-corrected chi connectivity index (χ2v) is 5.43. The van der Waals surface area contributed by atoms with E-state index in [1.54, 1.807) is 23.3 Å². The highest BCUT2D eigenvalue weighted by Crippen LogP contribution is 2.24. The maximum atomic E-state index is 10.6. The number of carboxylic acids is 1. The zero-order valence-electron chi connectivity index (χ0n) is 11.0. The summed E-state index contributed by atoms with van der Waals surface area (Å²) in [5.41, 5.74) is 3.23. The van der Waals surface area contributed by atoms with Crippen LogP contribution < -0.4 is 0 Å². The van der Waals surface area contributed by atoms with Crippen molar-refractivity contribution >= 4 is 17.3 Å². The summed E-state index contributed by atoms with van der Waals surface area (Å²) >= 11 is 1.58. The van der Waals surface area contributed by atoms with Gasteiger partial charge in [-0.3, -0.25) is 9.69 Å². The third-order valence-electron chi connectivity index (χ3n) is 2.69. The molecule has 0 unspecified atom stereocenters. The highest BCUT2D eigenvalue weighted by Gasteiger charge is 2.09. The SMILES string of the molecule is Cc1ccc(-c2nc(CN(C)CC(=O)O)cs2)cc1. The first-order valence-electron chi connectivity index (χ1n) is 5.96. The summed E-state index contributed by atoms with van der Waals surface area (Å²) in [4.78, 5) is 16.9. The smallest absolute Gasteiger partial charge is 0.317 e. The molecule has 0 aliphatic carbocycles. The molecule has 1 heterocycles. The Morgan fingerprint density at radius 2 is 2.05 bits per heavy atom. The van der Waals surface area contributed by atoms with Crippen LogP contribution in [0.5, 0.6) is 0 Å². The first-order chi connectivity index (χ1) is 9.04. The van der Waals surface area contributed by atoms with Crippen LogP contribution in [-0.4, -0.2) is 34.6 Å². The van der Waals surface area contributed by atoms with Gasteiger partial charge in [-0.05, 0) is 14.0 Å². The molecule has 4 nitrogen and oxygen atoms in total. The van der Waals surface area contributed by atoms with E-state index in [2.05, 4.69) is 36.2 Å². The average Bonchev–Trinajstić information content (AvgIpc) is 2.77. The fourth-order valence-electron chi connectivity index (χ4n) is 1.77. The Hall–Kier alpha value is -1.72. The van der Waals surface area contributed by atoms with Crippen LogP contribution in [-0.2, 0) is 11.3 Å². The Morgan fingerprint density at radius 3 is 2.68 bits per heavy atom. The molecule has 0 saturated heterocycles. The van der Waals surface area contributed by atoms with Crippen LogP contribution in [0.4, 0.5) is 0 Å². The Labute approximate surface area is 116 Å². The molecule has 100 valence electrons. The molecular formula is C14H16N2O2S. The second kappa shape index (κ2) is 5.95. The van der Waals surface area contributed by atoms with E-state index >= 15 is 0 Å². The van der Waals surface area contributed by atoms with Gasteiger partial charge in [-0.15, -0.1) is 11.3 Å². The van der Waals surface area contributed by atoms with Crippen LogP contribution in [0.15, 0.2) is 29.6 Å². The Kier molecular flexibility index (Phi) is 4.29. The third-order valence-corrected chi connectivity index (χ3v) is 3.63. The van der Waals surface area contributed by atoms with Gasteiger partial charge in [-0.2, -0.15) is 0 Å². The molecule has 0 fully saturated rings. The first-order valence-corrected chi connectivity index (χ1v) is 6.84. The number of nitrogens with zero attached hydrogens (tertiary/aromatic N) is 2. The standard InChI is InChI=1S/C14H16N2O2S/c1-10-3-5-11(6-4-10)14-15-12(9-19-14)7-16(2)8-13(17)18/h3-6,9H,7-8H2,1-2H3,(H,17,18). The van der Waals surface area contributed by atoms with E-state index in [1.165, 1.54) is 5.56 Å². The van der Waals surface area contributed by atoms with E-state index in [1.807, 2.05) is 5.38 Å². The summed E-state index contributed by atoms with van der Waals surface area (Å²) in [6.07, 6.45) is 0. The van der Waals surface area contributed by atoms with E-state index in [4.69, 9.17) is 5.11 Å². The van der Waals surface area contributed by atoms with Crippen molar-refractivity contribution in [3.63, 3.8) is 0 Å². The van der Waals surface area contributed by atoms with E-state index in [0.717, 1.165) is 16.3 Å². The molecule has 2 aromatic rings. The van der Waals surface area contributed by atoms with Crippen LogP contribution in [0.1, 0.15) is 11.3 Å². The molecule has 0 atom stereocenters. The van der Waals surface area contributed by atoms with Crippen molar-refractivity contribution < 1.29 is 9.90 Å². The van der Waals surface area contributed by atoms with Gasteiger partial charge >= 0.3 is 5.97 Å². The van der Waals surface area contributed by atoms with Gasteiger partial charge < -0.3 is 5.11 Å². The summed E-state index contributed by atoms with van der Waals surface area (Å²) in [7, 11) is 1.78. The summed E-state index contributed by atoms with van der Waals surface area (Å²) in [6.45, 7) is 2.63. The normalized spacial score (nSPS) is 10.9. The molecule has 1 aromatic carbocycles. The average molecular weight is 276 g/mol. The number of benzene rings is 1. The third kappa shape index (κ3) is 3.87. The summed E-state index contributed by atoms with van der Waals surface area (Å²) in [5, 5.41) is 11.7. The maximum Gasteiger partial charge on any atom is 0.317 e. The van der Waals surface area contributed by atoms with Gasteiger partial charge in [0, 0.05) is 17.5 Å². The first kappa shape index (κ1) is 13.7. The number of thiazole rings is 1. The number of likely N-dealkylation sites (N-methyl/N-ethyl adjacent to an activating group) is 1. The molecule has 0 amide bonds. The predicted molar refractivity (Wildman–Crippen MR) is 76.3 cm³/mol. The Bertz CT molecular complexity index is 563. The lowest BCUT2D eigenvalue weighted by Gasteiger charge is -2.11. The van der Waals surface area contributed by atoms with Gasteiger partial charge in [-0.25, -0.2) is 4.98 Å². The number of hydrogen-bond acceptors (Lipinski definition) is 4. The van der Waals surface area contributed by atoms with Crippen LogP contribution >= 0.6 is 11.3 Å². The van der Waals surface area contributed by atoms with Crippen LogP contribution in [0.3, 0.4) is 0 Å². The zero-order chi connectivity index (χ0) is 13.8. The zero-order valence-corrected chi connectivity index (χ0v) is 11.8. The fraction of sp³-hybridized carbons (Fsp3) is 0.286. The van der Waals surface area contributed by atoms with Crippen molar-refractivity contribution in [1.82, 2.24) is 9.88 Å². The molecule has 0 spiro atoms. The van der Waals surface area contributed by atoms with Crippen LogP contribution in [0, 0.1) is 6.92 Å². The van der Waals surface area contributed by atoms with Crippen molar-refractivity contribution in [2.75, 3.05) is 13.6 Å². The predicted octanol–water partition coefficient (Wildman–Crippen LogP) is 2.63. The fourth-order valence-corrected chi connectivity index (χ4v) is 2.59. The maximum absolute atomic E-state index is 10.6. The molecule has 19 heavy (non-hydrogen) atoms. The Morgan fingerprint density at radius 1 is 1.37 bits per heavy atom. The molecule has 0 aliphatic rings. The lowest BCUT2D eigenvalue weighted by atomic mass is 10.2. The molecule has 5 heteroatoms. The van der Waals surface area contributed by atoms with E-state index < -0.39 is 5.97 Å². The lowest BCUT2D eigenvalue weighted by molar-refractivity contribution is -0.138. The van der Waals surface area contributed by atoms with E-state index in [9.17, 15) is 4.79 Å². The summed E-state index contributed by atoms with van der Waals surface area (Å²) < 4.78 is 0. The van der Waals surface area contributed by atoms with E-state index in [-0.39, 0.29) is 6.54 Å². The number of carboxylic acid groups (broad SMARTS) is 1. The number of rotatable bonds is 5. The quantitative estimate of drug-likeness (QED) is 0.912. The lowest BCUT2D eigenvalue weighted by Crippen LogP contribution is -2.25. The van der Waals surface area contributed by atoms with Crippen molar-refractivity contribution in [3.05, 3.63) is 40.9 Å². The van der Waals surface area contributed by atoms with Gasteiger partial charge in [0.1, 0.15) is 5.01 Å². The van der Waals surface area contributed by atoms with Crippen molar-refractivity contribution in [1.29, 1.82) is 0 Å². The molecular weight excluding hydrogens is 260 g/mol. The highest BCUT2D eigenvalue weighted by atomic mass is 32.1. The molecule has 2 rings (SSSR count). The second-order valence-electron chi connectivity index (χ2n) is 4.58. The number of aliphatic carboxylic acids is 1. The van der Waals surface area contributed by atoms with Gasteiger partial charge in [0.05, 0.1) is 12.2 Å². The minimum Gasteiger partial charge on any atom is -0.480 e. The molecule has 0 aliphatic heterocycles. The molecule has 0 saturated carbocycles. The van der Waals surface area contributed by atoms with Crippen LogP contribution in [0.2, 0.25) is 0 Å². The highest BCUT2D eigenvalue weighted by molar-refractivity contribution is 7.13. The summed E-state index contributed by atoms with van der Waals surface area (Å²) in [5.74, 6) is -0.823. The van der Waals surface area contributed by atoms with E-state index in [0.29, 0.717) is 6.54 Å². The molecule has 1 N–H and O–H groups in total. The monoisotopic (exact) mass is 276 g/mol. The molecule has 0 radical (unpaired) electrons. The number of carbonyl (C=O) groups is 1. The minimum atomic E-state index is -0.823. The minimum absolute atomic E-state index is 0.0252.